The number of aliphatic hydroxyl groups is 1. The molecule has 0 aromatic rings. The molecule has 0 bridgehead atoms. The van der Waals surface area contributed by atoms with Crippen molar-refractivity contribution in [3.8, 4) is 0 Å². The lowest BCUT2D eigenvalue weighted by Gasteiger charge is -2.10. The fraction of sp³-hybridized carbons (Fsp3) is 0.769. The van der Waals surface area contributed by atoms with Crippen LogP contribution in [0.15, 0.2) is 12.2 Å². The number of hydrogen-bond acceptors (Lipinski definition) is 2. The zero-order valence-corrected chi connectivity index (χ0v) is 10.2. The van der Waals surface area contributed by atoms with Gasteiger partial charge in [-0.15, -0.1) is 0 Å². The Kier molecular flexibility index (Phi) is 8.30. The van der Waals surface area contributed by atoms with Crippen molar-refractivity contribution in [3.05, 3.63) is 12.2 Å². The second kappa shape index (κ2) is 8.66. The predicted molar refractivity (Wildman–Crippen MR) is 63.8 cm³/mol. The molecule has 0 fully saturated rings. The summed E-state index contributed by atoms with van der Waals surface area (Å²) in [6, 6.07) is 0. The second-order valence-corrected chi connectivity index (χ2v) is 4.21. The van der Waals surface area contributed by atoms with Gasteiger partial charge in [0.2, 0.25) is 0 Å². The van der Waals surface area contributed by atoms with Crippen molar-refractivity contribution in [3.63, 3.8) is 0 Å². The zero-order chi connectivity index (χ0) is 11.7. The van der Waals surface area contributed by atoms with Crippen molar-refractivity contribution in [2.45, 2.75) is 59.0 Å². The van der Waals surface area contributed by atoms with E-state index in [4.69, 9.17) is 0 Å². The van der Waals surface area contributed by atoms with Gasteiger partial charge in [0.25, 0.3) is 0 Å². The summed E-state index contributed by atoms with van der Waals surface area (Å²) in [5.41, 5.74) is 0. The van der Waals surface area contributed by atoms with Crippen LogP contribution in [-0.2, 0) is 4.79 Å². The first-order valence-corrected chi connectivity index (χ1v) is 5.92. The van der Waals surface area contributed by atoms with Gasteiger partial charge < -0.3 is 5.11 Å². The van der Waals surface area contributed by atoms with E-state index in [0.717, 1.165) is 19.3 Å². The van der Waals surface area contributed by atoms with E-state index in [-0.39, 0.29) is 6.10 Å². The summed E-state index contributed by atoms with van der Waals surface area (Å²) in [7, 11) is 0. The van der Waals surface area contributed by atoms with Gasteiger partial charge in [0, 0.05) is 12.8 Å². The maximum absolute atomic E-state index is 11.0. The first kappa shape index (κ1) is 14.4. The van der Waals surface area contributed by atoms with E-state index >= 15 is 0 Å². The minimum absolute atomic E-state index is 0.240. The first-order valence-electron chi connectivity index (χ1n) is 5.92. The number of Topliss-reactive ketones (excluding diaryl/α,β-unsaturated/α-hetero) is 1. The van der Waals surface area contributed by atoms with Crippen LogP contribution in [0.25, 0.3) is 0 Å². The number of hydrogen-bond donors (Lipinski definition) is 1. The molecule has 0 amide bonds. The molecule has 0 aromatic heterocycles. The quantitative estimate of drug-likeness (QED) is 0.496. The van der Waals surface area contributed by atoms with E-state index in [0.29, 0.717) is 24.5 Å². The Balaban J connectivity index is 3.43. The molecule has 0 radical (unpaired) electrons. The van der Waals surface area contributed by atoms with E-state index in [1.807, 2.05) is 20.8 Å². The number of carbonyl (C=O) groups excluding carboxylic acids is 1. The summed E-state index contributed by atoms with van der Waals surface area (Å²) in [6.45, 7) is 5.76. The van der Waals surface area contributed by atoms with Crippen LogP contribution in [0.2, 0.25) is 0 Å². The van der Waals surface area contributed by atoms with Gasteiger partial charge in [-0.05, 0) is 32.1 Å². The van der Waals surface area contributed by atoms with Crippen LogP contribution in [0.3, 0.4) is 0 Å². The highest BCUT2D eigenvalue weighted by Crippen LogP contribution is 2.09. The Morgan fingerprint density at radius 2 is 2.00 bits per heavy atom. The molecule has 0 rings (SSSR count). The van der Waals surface area contributed by atoms with Gasteiger partial charge in [0.1, 0.15) is 5.78 Å². The third-order valence-corrected chi connectivity index (χ3v) is 2.72. The molecule has 0 aliphatic carbocycles. The average Bonchev–Trinajstić information content (AvgIpc) is 2.22. The molecule has 0 aliphatic heterocycles. The predicted octanol–water partition coefficient (Wildman–Crippen LogP) is 3.10. The summed E-state index contributed by atoms with van der Waals surface area (Å²) in [5.74, 6) is 0.666. The van der Waals surface area contributed by atoms with Crippen molar-refractivity contribution in [1.82, 2.24) is 0 Å². The van der Waals surface area contributed by atoms with Crippen LogP contribution < -0.4 is 0 Å². The molecule has 2 atom stereocenters. The van der Waals surface area contributed by atoms with Crippen LogP contribution in [0.1, 0.15) is 52.9 Å². The number of aliphatic hydroxyl groups excluding tert-OH is 1. The summed E-state index contributed by atoms with van der Waals surface area (Å²) >= 11 is 0. The van der Waals surface area contributed by atoms with E-state index in [9.17, 15) is 9.90 Å². The third kappa shape index (κ3) is 8.37. The molecule has 0 spiro atoms. The number of carbonyl (C=O) groups is 1. The zero-order valence-electron chi connectivity index (χ0n) is 10.2. The summed E-state index contributed by atoms with van der Waals surface area (Å²) in [5, 5.41) is 9.25. The van der Waals surface area contributed by atoms with Crippen LogP contribution in [0.4, 0.5) is 0 Å². The molecule has 2 nitrogen and oxygen atoms in total. The van der Waals surface area contributed by atoms with Crippen LogP contribution in [0, 0.1) is 5.92 Å². The van der Waals surface area contributed by atoms with Gasteiger partial charge in [-0.1, -0.05) is 26.0 Å². The monoisotopic (exact) mass is 212 g/mol. The minimum atomic E-state index is -0.240. The normalized spacial score (nSPS) is 15.5. The molecule has 0 saturated heterocycles. The molecule has 0 saturated carbocycles. The lowest BCUT2D eigenvalue weighted by atomic mass is 10.0. The lowest BCUT2D eigenvalue weighted by molar-refractivity contribution is -0.118. The van der Waals surface area contributed by atoms with Crippen molar-refractivity contribution < 1.29 is 9.90 Å². The molecule has 2 heteroatoms. The van der Waals surface area contributed by atoms with Crippen LogP contribution in [0.5, 0.6) is 0 Å². The van der Waals surface area contributed by atoms with Gasteiger partial charge in [0.15, 0.2) is 0 Å². The van der Waals surface area contributed by atoms with Crippen molar-refractivity contribution in [2.75, 3.05) is 0 Å². The first-order chi connectivity index (χ1) is 7.07. The van der Waals surface area contributed by atoms with Crippen molar-refractivity contribution >= 4 is 5.78 Å². The van der Waals surface area contributed by atoms with Gasteiger partial charge in [0.05, 0.1) is 6.10 Å². The Bertz CT molecular complexity index is 195. The number of ketones is 1. The summed E-state index contributed by atoms with van der Waals surface area (Å²) < 4.78 is 0. The molecule has 1 N–H and O–H groups in total. The Morgan fingerprint density at radius 3 is 2.53 bits per heavy atom. The SMILES string of the molecule is CCC(=O)CCCC=CCC(C)C(C)O. The van der Waals surface area contributed by atoms with Crippen LogP contribution >= 0.6 is 0 Å². The molecule has 88 valence electrons. The molecule has 2 unspecified atom stereocenters. The van der Waals surface area contributed by atoms with Crippen molar-refractivity contribution in [2.24, 2.45) is 5.92 Å². The van der Waals surface area contributed by atoms with Gasteiger partial charge in [-0.25, -0.2) is 0 Å². The van der Waals surface area contributed by atoms with Crippen molar-refractivity contribution in [1.29, 1.82) is 0 Å². The maximum atomic E-state index is 11.0. The number of rotatable bonds is 8. The third-order valence-electron chi connectivity index (χ3n) is 2.72. The van der Waals surface area contributed by atoms with Crippen LogP contribution in [-0.4, -0.2) is 17.0 Å². The maximum Gasteiger partial charge on any atom is 0.132 e. The van der Waals surface area contributed by atoms with E-state index in [1.54, 1.807) is 0 Å². The summed E-state index contributed by atoms with van der Waals surface area (Å²) in [4.78, 5) is 11.0. The van der Waals surface area contributed by atoms with E-state index in [1.165, 1.54) is 0 Å². The lowest BCUT2D eigenvalue weighted by Crippen LogP contribution is -2.11. The number of allylic oxidation sites excluding steroid dienone is 2. The molecule has 15 heavy (non-hydrogen) atoms. The summed E-state index contributed by atoms with van der Waals surface area (Å²) in [6.07, 6.45) is 8.17. The average molecular weight is 212 g/mol. The fourth-order valence-corrected chi connectivity index (χ4v) is 1.22. The molecule has 0 aromatic carbocycles. The van der Waals surface area contributed by atoms with Gasteiger partial charge >= 0.3 is 0 Å². The highest BCUT2D eigenvalue weighted by Gasteiger charge is 2.05. The van der Waals surface area contributed by atoms with E-state index < -0.39 is 0 Å². The molecular weight excluding hydrogens is 188 g/mol. The van der Waals surface area contributed by atoms with Gasteiger partial charge in [-0.2, -0.15) is 0 Å². The highest BCUT2D eigenvalue weighted by molar-refractivity contribution is 5.77. The smallest absolute Gasteiger partial charge is 0.132 e. The molecule has 0 heterocycles. The topological polar surface area (TPSA) is 37.3 Å². The standard InChI is InChI=1S/C13H24O2/c1-4-13(15)10-8-6-5-7-9-11(2)12(3)14/h5,7,11-12,14H,4,6,8-10H2,1-3H3. The van der Waals surface area contributed by atoms with Gasteiger partial charge in [-0.3, -0.25) is 4.79 Å². The fourth-order valence-electron chi connectivity index (χ4n) is 1.22. The Morgan fingerprint density at radius 1 is 1.33 bits per heavy atom. The number of unbranched alkanes of at least 4 members (excludes halogenated alkanes) is 1. The highest BCUT2D eigenvalue weighted by atomic mass is 16.3. The molecular formula is C13H24O2. The van der Waals surface area contributed by atoms with E-state index in [2.05, 4.69) is 12.2 Å². The minimum Gasteiger partial charge on any atom is -0.393 e. The Labute approximate surface area is 93.4 Å². The molecule has 0 aliphatic rings. The largest absolute Gasteiger partial charge is 0.393 e. The second-order valence-electron chi connectivity index (χ2n) is 4.21. The Hall–Kier alpha value is -0.630.